The molecule has 1 saturated carbocycles. The molecule has 1 aromatic carbocycles. The van der Waals surface area contributed by atoms with E-state index in [-0.39, 0.29) is 6.61 Å². The summed E-state index contributed by atoms with van der Waals surface area (Å²) in [5.41, 5.74) is 7.72. The number of nitrogens with two attached hydrogens (primary N) is 1. The highest BCUT2D eigenvalue weighted by Crippen LogP contribution is 2.40. The van der Waals surface area contributed by atoms with E-state index in [1.165, 1.54) is 24.0 Å². The third-order valence-corrected chi connectivity index (χ3v) is 3.00. The number of ether oxygens (including phenoxy) is 1. The lowest BCUT2D eigenvalue weighted by molar-refractivity contribution is -0.122. The van der Waals surface area contributed by atoms with Crippen molar-refractivity contribution in [1.82, 2.24) is 5.32 Å². The molecule has 2 rings (SSSR count). The second-order valence-corrected chi connectivity index (χ2v) is 4.71. The van der Waals surface area contributed by atoms with Crippen LogP contribution >= 0.6 is 0 Å². The van der Waals surface area contributed by atoms with Gasteiger partial charge in [0.15, 0.2) is 0 Å². The largest absolute Gasteiger partial charge is 0.370 e. The van der Waals surface area contributed by atoms with Gasteiger partial charge in [0.2, 0.25) is 5.91 Å². The summed E-state index contributed by atoms with van der Waals surface area (Å²) in [5.74, 6) is 0.371. The van der Waals surface area contributed by atoms with Crippen molar-refractivity contribution in [3.05, 3.63) is 35.4 Å². The number of hydrogen-bond donors (Lipinski definition) is 2. The van der Waals surface area contributed by atoms with Crippen molar-refractivity contribution < 1.29 is 9.53 Å². The van der Waals surface area contributed by atoms with Crippen LogP contribution in [0.25, 0.3) is 0 Å². The van der Waals surface area contributed by atoms with Gasteiger partial charge in [-0.15, -0.1) is 0 Å². The van der Waals surface area contributed by atoms with Crippen LogP contribution in [0, 0.1) is 0 Å². The fourth-order valence-corrected chi connectivity index (χ4v) is 1.92. The molecule has 4 heteroatoms. The van der Waals surface area contributed by atoms with E-state index in [2.05, 4.69) is 29.6 Å². The zero-order chi connectivity index (χ0) is 12.8. The monoisotopic (exact) mass is 248 g/mol. The fraction of sp³-hybridized carbons (Fsp3) is 0.500. The maximum atomic E-state index is 10.4. The first-order valence-corrected chi connectivity index (χ1v) is 6.41. The fourth-order valence-electron chi connectivity index (χ4n) is 1.92. The van der Waals surface area contributed by atoms with Crippen LogP contribution in [0.1, 0.15) is 29.9 Å². The first kappa shape index (κ1) is 13.1. The van der Waals surface area contributed by atoms with Crippen LogP contribution in [0.4, 0.5) is 0 Å². The third-order valence-electron chi connectivity index (χ3n) is 3.00. The molecule has 0 radical (unpaired) electrons. The van der Waals surface area contributed by atoms with Gasteiger partial charge >= 0.3 is 0 Å². The van der Waals surface area contributed by atoms with Crippen LogP contribution in [-0.2, 0) is 16.1 Å². The van der Waals surface area contributed by atoms with Gasteiger partial charge in [0.05, 0.1) is 6.61 Å². The molecule has 1 aliphatic carbocycles. The molecule has 0 spiro atoms. The number of primary amides is 1. The summed E-state index contributed by atoms with van der Waals surface area (Å²) in [5, 5.41) is 3.28. The van der Waals surface area contributed by atoms with Crippen LogP contribution in [0.5, 0.6) is 0 Å². The lowest BCUT2D eigenvalue weighted by atomic mass is 10.1. The minimum absolute atomic E-state index is 0.00115. The van der Waals surface area contributed by atoms with Crippen LogP contribution in [0.15, 0.2) is 24.3 Å². The minimum Gasteiger partial charge on any atom is -0.370 e. The van der Waals surface area contributed by atoms with Gasteiger partial charge < -0.3 is 15.8 Å². The first-order chi connectivity index (χ1) is 8.75. The molecule has 98 valence electrons. The van der Waals surface area contributed by atoms with Crippen LogP contribution < -0.4 is 11.1 Å². The molecule has 0 unspecified atom stereocenters. The van der Waals surface area contributed by atoms with Gasteiger partial charge in [-0.05, 0) is 29.9 Å². The van der Waals surface area contributed by atoms with E-state index in [4.69, 9.17) is 10.5 Å². The Bertz CT molecular complexity index is 403. The predicted molar refractivity (Wildman–Crippen MR) is 70.1 cm³/mol. The second kappa shape index (κ2) is 6.52. The van der Waals surface area contributed by atoms with Gasteiger partial charge in [0.25, 0.3) is 0 Å². The average molecular weight is 248 g/mol. The molecule has 0 aliphatic heterocycles. The Hall–Kier alpha value is -1.39. The number of hydrogen-bond acceptors (Lipinski definition) is 3. The third kappa shape index (κ3) is 4.47. The first-order valence-electron chi connectivity index (χ1n) is 6.41. The Labute approximate surface area is 108 Å². The Morgan fingerprint density at radius 1 is 1.44 bits per heavy atom. The molecule has 0 atom stereocenters. The number of carbonyl (C=O) groups is 1. The van der Waals surface area contributed by atoms with E-state index in [0.717, 1.165) is 19.0 Å². The lowest BCUT2D eigenvalue weighted by Gasteiger charge is -2.07. The Kier molecular flexibility index (Phi) is 4.73. The highest BCUT2D eigenvalue weighted by Gasteiger charge is 2.23. The van der Waals surface area contributed by atoms with Crippen molar-refractivity contribution >= 4 is 5.91 Å². The van der Waals surface area contributed by atoms with Crippen molar-refractivity contribution in [2.45, 2.75) is 25.3 Å². The molecule has 3 N–H and O–H groups in total. The quantitative estimate of drug-likeness (QED) is 0.678. The molecule has 18 heavy (non-hydrogen) atoms. The molecule has 1 amide bonds. The summed E-state index contributed by atoms with van der Waals surface area (Å²) >= 11 is 0. The number of nitrogens with one attached hydrogen (secondary N) is 1. The Morgan fingerprint density at radius 2 is 2.28 bits per heavy atom. The summed E-state index contributed by atoms with van der Waals surface area (Å²) < 4.78 is 5.07. The van der Waals surface area contributed by atoms with E-state index in [1.54, 1.807) is 0 Å². The van der Waals surface area contributed by atoms with Gasteiger partial charge in [0, 0.05) is 13.1 Å². The molecule has 4 nitrogen and oxygen atoms in total. The SMILES string of the molecule is NC(=O)COCCNCc1cccc(C2CC2)c1. The summed E-state index contributed by atoms with van der Waals surface area (Å²) in [6, 6.07) is 8.73. The zero-order valence-electron chi connectivity index (χ0n) is 10.5. The number of amides is 1. The molecule has 1 fully saturated rings. The minimum atomic E-state index is -0.424. The van der Waals surface area contributed by atoms with Gasteiger partial charge in [-0.3, -0.25) is 4.79 Å². The average Bonchev–Trinajstić information content (AvgIpc) is 3.18. The molecule has 0 saturated heterocycles. The lowest BCUT2D eigenvalue weighted by Crippen LogP contribution is -2.23. The maximum absolute atomic E-state index is 10.4. The summed E-state index contributed by atoms with van der Waals surface area (Å²) in [7, 11) is 0. The van der Waals surface area contributed by atoms with Crippen LogP contribution in [0.3, 0.4) is 0 Å². The molecule has 0 aromatic heterocycles. The van der Waals surface area contributed by atoms with Crippen molar-refractivity contribution in [3.8, 4) is 0 Å². The van der Waals surface area contributed by atoms with Crippen molar-refractivity contribution in [2.75, 3.05) is 19.8 Å². The van der Waals surface area contributed by atoms with Crippen LogP contribution in [-0.4, -0.2) is 25.7 Å². The van der Waals surface area contributed by atoms with E-state index in [0.29, 0.717) is 6.61 Å². The van der Waals surface area contributed by atoms with Crippen molar-refractivity contribution in [2.24, 2.45) is 5.73 Å². The number of rotatable bonds is 8. The van der Waals surface area contributed by atoms with Gasteiger partial charge in [-0.2, -0.15) is 0 Å². The normalized spacial score (nSPS) is 14.7. The van der Waals surface area contributed by atoms with E-state index in [9.17, 15) is 4.79 Å². The Morgan fingerprint density at radius 3 is 3.00 bits per heavy atom. The standard InChI is InChI=1S/C14H20N2O2/c15-14(17)10-18-7-6-16-9-11-2-1-3-13(8-11)12-4-5-12/h1-3,8,12,16H,4-7,9-10H2,(H2,15,17). The summed E-state index contributed by atoms with van der Waals surface area (Å²) in [6.07, 6.45) is 2.66. The molecular formula is C14H20N2O2. The Balaban J connectivity index is 1.64. The van der Waals surface area contributed by atoms with E-state index in [1.807, 2.05) is 0 Å². The second-order valence-electron chi connectivity index (χ2n) is 4.71. The van der Waals surface area contributed by atoms with E-state index < -0.39 is 5.91 Å². The number of benzene rings is 1. The zero-order valence-corrected chi connectivity index (χ0v) is 10.5. The molecule has 1 aromatic rings. The topological polar surface area (TPSA) is 64.4 Å². The molecule has 0 heterocycles. The highest BCUT2D eigenvalue weighted by atomic mass is 16.5. The van der Waals surface area contributed by atoms with Crippen molar-refractivity contribution in [1.29, 1.82) is 0 Å². The molecular weight excluding hydrogens is 228 g/mol. The maximum Gasteiger partial charge on any atom is 0.243 e. The number of carbonyl (C=O) groups excluding carboxylic acids is 1. The van der Waals surface area contributed by atoms with Crippen LogP contribution in [0.2, 0.25) is 0 Å². The summed E-state index contributed by atoms with van der Waals surface area (Å²) in [6.45, 7) is 2.06. The van der Waals surface area contributed by atoms with Gasteiger partial charge in [0.1, 0.15) is 6.61 Å². The molecule has 1 aliphatic rings. The smallest absolute Gasteiger partial charge is 0.243 e. The predicted octanol–water partition coefficient (Wildman–Crippen LogP) is 1.16. The summed E-state index contributed by atoms with van der Waals surface area (Å²) in [4.78, 5) is 10.4. The van der Waals surface area contributed by atoms with Gasteiger partial charge in [-0.1, -0.05) is 24.3 Å². The molecule has 0 bridgehead atoms. The van der Waals surface area contributed by atoms with E-state index >= 15 is 0 Å². The van der Waals surface area contributed by atoms with Gasteiger partial charge in [-0.25, -0.2) is 0 Å². The van der Waals surface area contributed by atoms with Crippen molar-refractivity contribution in [3.63, 3.8) is 0 Å². The highest BCUT2D eigenvalue weighted by molar-refractivity contribution is 5.74.